The molecule has 0 bridgehead atoms. The fourth-order valence-electron chi connectivity index (χ4n) is 2.88. The van der Waals surface area contributed by atoms with Crippen molar-refractivity contribution in [2.24, 2.45) is 0 Å². The highest BCUT2D eigenvalue weighted by molar-refractivity contribution is 5.95. The molecule has 0 rings (SSSR count). The highest BCUT2D eigenvalue weighted by Crippen LogP contribution is 2.13. The molecule has 26 heavy (non-hydrogen) atoms. The molecule has 0 fully saturated rings. The average Bonchev–Trinajstić information content (AvgIpc) is 2.63. The van der Waals surface area contributed by atoms with E-state index in [1.165, 1.54) is 64.2 Å². The van der Waals surface area contributed by atoms with Crippen molar-refractivity contribution in [2.45, 2.75) is 109 Å². The van der Waals surface area contributed by atoms with Crippen molar-refractivity contribution in [3.63, 3.8) is 0 Å². The van der Waals surface area contributed by atoms with E-state index in [0.29, 0.717) is 6.42 Å². The quantitative estimate of drug-likeness (QED) is 0.200. The van der Waals surface area contributed by atoms with Crippen LogP contribution in [0.2, 0.25) is 0 Å². The van der Waals surface area contributed by atoms with E-state index in [2.05, 4.69) is 6.92 Å². The zero-order valence-corrected chi connectivity index (χ0v) is 16.7. The fraction of sp³-hybridized carbons (Fsp3) is 0.905. The Labute approximate surface area is 159 Å². The Balaban J connectivity index is 3.31. The first-order valence-electron chi connectivity index (χ1n) is 10.6. The number of esters is 1. The SMILES string of the molecule is CCCCCCCCCCCCCCCC(=O)CC(=O)OCC(O)CO. The van der Waals surface area contributed by atoms with E-state index in [9.17, 15) is 9.59 Å². The summed E-state index contributed by atoms with van der Waals surface area (Å²) in [5, 5.41) is 17.7. The summed E-state index contributed by atoms with van der Waals surface area (Å²) in [6, 6.07) is 0. The molecule has 0 amide bonds. The molecule has 5 heteroatoms. The molecule has 1 unspecified atom stereocenters. The topological polar surface area (TPSA) is 83.8 Å². The highest BCUT2D eigenvalue weighted by Gasteiger charge is 2.12. The Morgan fingerprint density at radius 2 is 1.27 bits per heavy atom. The van der Waals surface area contributed by atoms with Gasteiger partial charge in [-0.1, -0.05) is 84.0 Å². The van der Waals surface area contributed by atoms with Crippen LogP contribution < -0.4 is 0 Å². The van der Waals surface area contributed by atoms with Gasteiger partial charge in [-0.05, 0) is 6.42 Å². The molecule has 0 heterocycles. The van der Waals surface area contributed by atoms with Crippen LogP contribution in [0, 0.1) is 0 Å². The van der Waals surface area contributed by atoms with Gasteiger partial charge in [0.2, 0.25) is 0 Å². The van der Waals surface area contributed by atoms with Gasteiger partial charge in [0.25, 0.3) is 0 Å². The Bertz CT molecular complexity index is 343. The maximum absolute atomic E-state index is 11.7. The van der Waals surface area contributed by atoms with Crippen LogP contribution in [0.3, 0.4) is 0 Å². The van der Waals surface area contributed by atoms with Crippen LogP contribution in [-0.4, -0.2) is 41.3 Å². The Morgan fingerprint density at radius 3 is 1.73 bits per heavy atom. The molecule has 0 aliphatic heterocycles. The number of Topliss-reactive ketones (excluding diaryl/α,β-unsaturated/α-hetero) is 1. The number of hydrogen-bond acceptors (Lipinski definition) is 5. The zero-order valence-electron chi connectivity index (χ0n) is 16.7. The van der Waals surface area contributed by atoms with E-state index in [4.69, 9.17) is 14.9 Å². The average molecular weight is 373 g/mol. The number of ketones is 1. The van der Waals surface area contributed by atoms with Gasteiger partial charge in [-0.25, -0.2) is 0 Å². The molecule has 0 aromatic rings. The molecule has 0 aliphatic rings. The van der Waals surface area contributed by atoms with Crippen LogP contribution in [0.4, 0.5) is 0 Å². The molecular formula is C21H40O5. The van der Waals surface area contributed by atoms with Gasteiger partial charge in [-0.3, -0.25) is 9.59 Å². The number of hydrogen-bond donors (Lipinski definition) is 2. The standard InChI is InChI=1S/C21H40O5/c1-2-3-4-5-6-7-8-9-10-11-12-13-14-15-19(23)16-21(25)26-18-20(24)17-22/h20,22,24H,2-18H2,1H3. The molecule has 0 spiro atoms. The summed E-state index contributed by atoms with van der Waals surface area (Å²) in [5.41, 5.74) is 0. The van der Waals surface area contributed by atoms with Crippen LogP contribution in [0.1, 0.15) is 103 Å². The third-order valence-corrected chi connectivity index (χ3v) is 4.55. The highest BCUT2D eigenvalue weighted by atomic mass is 16.5. The predicted molar refractivity (Wildman–Crippen MR) is 104 cm³/mol. The third kappa shape index (κ3) is 17.9. The van der Waals surface area contributed by atoms with Gasteiger partial charge >= 0.3 is 5.97 Å². The van der Waals surface area contributed by atoms with Gasteiger partial charge in [-0.15, -0.1) is 0 Å². The molecule has 0 aromatic heterocycles. The molecule has 0 aliphatic carbocycles. The predicted octanol–water partition coefficient (Wildman–Crippen LogP) is 4.32. The van der Waals surface area contributed by atoms with Crippen LogP contribution in [0.25, 0.3) is 0 Å². The number of carbonyl (C=O) groups excluding carboxylic acids is 2. The lowest BCUT2D eigenvalue weighted by molar-refractivity contribution is -0.149. The van der Waals surface area contributed by atoms with Crippen molar-refractivity contribution in [1.29, 1.82) is 0 Å². The maximum Gasteiger partial charge on any atom is 0.313 e. The van der Waals surface area contributed by atoms with Crippen molar-refractivity contribution < 1.29 is 24.5 Å². The summed E-state index contributed by atoms with van der Waals surface area (Å²) >= 11 is 0. The number of aliphatic hydroxyl groups is 2. The van der Waals surface area contributed by atoms with E-state index in [1.54, 1.807) is 0 Å². The smallest absolute Gasteiger partial charge is 0.313 e. The molecule has 0 saturated carbocycles. The summed E-state index contributed by atoms with van der Waals surface area (Å²) < 4.78 is 4.71. The Hall–Kier alpha value is -0.940. The maximum atomic E-state index is 11.7. The Kier molecular flexibility index (Phi) is 18.2. The van der Waals surface area contributed by atoms with E-state index < -0.39 is 18.7 Å². The number of rotatable bonds is 19. The summed E-state index contributed by atoms with van der Waals surface area (Å²) in [6.07, 6.45) is 15.5. The minimum Gasteiger partial charge on any atom is -0.463 e. The second-order valence-corrected chi connectivity index (χ2v) is 7.23. The van der Waals surface area contributed by atoms with Gasteiger partial charge in [0.05, 0.1) is 6.61 Å². The lowest BCUT2D eigenvalue weighted by Gasteiger charge is -2.08. The van der Waals surface area contributed by atoms with Gasteiger partial charge < -0.3 is 14.9 Å². The minimum atomic E-state index is -1.07. The lowest BCUT2D eigenvalue weighted by Crippen LogP contribution is -2.23. The van der Waals surface area contributed by atoms with Crippen LogP contribution >= 0.6 is 0 Å². The van der Waals surface area contributed by atoms with Crippen molar-refractivity contribution in [1.82, 2.24) is 0 Å². The Morgan fingerprint density at radius 1 is 0.808 bits per heavy atom. The number of aliphatic hydroxyl groups excluding tert-OH is 2. The van der Waals surface area contributed by atoms with Gasteiger partial charge in [0, 0.05) is 6.42 Å². The molecule has 0 saturated heterocycles. The van der Waals surface area contributed by atoms with Gasteiger partial charge in [-0.2, -0.15) is 0 Å². The number of unbranched alkanes of at least 4 members (excludes halogenated alkanes) is 12. The van der Waals surface area contributed by atoms with E-state index in [-0.39, 0.29) is 18.8 Å². The normalized spacial score (nSPS) is 12.1. The first-order chi connectivity index (χ1) is 12.6. The molecule has 5 nitrogen and oxygen atoms in total. The second-order valence-electron chi connectivity index (χ2n) is 7.23. The van der Waals surface area contributed by atoms with E-state index in [0.717, 1.165) is 19.3 Å². The van der Waals surface area contributed by atoms with Crippen molar-refractivity contribution >= 4 is 11.8 Å². The summed E-state index contributed by atoms with van der Waals surface area (Å²) in [4.78, 5) is 23.0. The third-order valence-electron chi connectivity index (χ3n) is 4.55. The number of carbonyl (C=O) groups is 2. The van der Waals surface area contributed by atoms with Crippen LogP contribution in [0.5, 0.6) is 0 Å². The zero-order chi connectivity index (χ0) is 19.5. The monoisotopic (exact) mass is 372 g/mol. The second kappa shape index (κ2) is 18.8. The summed E-state index contributed by atoms with van der Waals surface area (Å²) in [6.45, 7) is 1.53. The van der Waals surface area contributed by atoms with Gasteiger partial charge in [0.1, 0.15) is 24.9 Å². The lowest BCUT2D eigenvalue weighted by atomic mass is 10.0. The van der Waals surface area contributed by atoms with Crippen molar-refractivity contribution in [3.05, 3.63) is 0 Å². The first kappa shape index (κ1) is 25.1. The first-order valence-corrected chi connectivity index (χ1v) is 10.6. The molecule has 2 N–H and O–H groups in total. The van der Waals surface area contributed by atoms with Crippen LogP contribution in [0.15, 0.2) is 0 Å². The summed E-state index contributed by atoms with van der Waals surface area (Å²) in [5.74, 6) is -0.742. The van der Waals surface area contributed by atoms with E-state index in [1.807, 2.05) is 0 Å². The van der Waals surface area contributed by atoms with E-state index >= 15 is 0 Å². The molecule has 0 radical (unpaired) electrons. The molecular weight excluding hydrogens is 332 g/mol. The van der Waals surface area contributed by atoms with Crippen molar-refractivity contribution in [3.8, 4) is 0 Å². The van der Waals surface area contributed by atoms with Crippen LogP contribution in [-0.2, 0) is 14.3 Å². The molecule has 154 valence electrons. The fourth-order valence-corrected chi connectivity index (χ4v) is 2.88. The molecule has 1 atom stereocenters. The largest absolute Gasteiger partial charge is 0.463 e. The minimum absolute atomic E-state index is 0.114. The number of ether oxygens (including phenoxy) is 1. The van der Waals surface area contributed by atoms with Crippen molar-refractivity contribution in [2.75, 3.05) is 13.2 Å². The van der Waals surface area contributed by atoms with Gasteiger partial charge in [0.15, 0.2) is 0 Å². The molecule has 0 aromatic carbocycles. The summed E-state index contributed by atoms with van der Waals surface area (Å²) in [7, 11) is 0.